The fourth-order valence-electron chi connectivity index (χ4n) is 6.19. The van der Waals surface area contributed by atoms with Crippen molar-refractivity contribution in [2.75, 3.05) is 60.6 Å². The number of Topliss-reactive ketones (excluding diaryl/α,β-unsaturated/α-hetero) is 1. The number of halogens is 2. The van der Waals surface area contributed by atoms with E-state index in [9.17, 15) is 13.2 Å². The molecule has 17 heteroatoms. The van der Waals surface area contributed by atoms with Crippen molar-refractivity contribution in [2.45, 2.75) is 42.1 Å². The van der Waals surface area contributed by atoms with E-state index in [0.717, 1.165) is 36.6 Å². The summed E-state index contributed by atoms with van der Waals surface area (Å²) in [6.07, 6.45) is 10.4. The van der Waals surface area contributed by atoms with Gasteiger partial charge in [-0.3, -0.25) is 4.79 Å². The summed E-state index contributed by atoms with van der Waals surface area (Å²) in [6.45, 7) is 5.29. The molecule has 0 amide bonds. The average Bonchev–Trinajstić information content (AvgIpc) is 3.22. The van der Waals surface area contributed by atoms with Crippen LogP contribution in [0.1, 0.15) is 26.2 Å². The van der Waals surface area contributed by atoms with Gasteiger partial charge in [0.2, 0.25) is 16.0 Å². The number of pyridine rings is 1. The van der Waals surface area contributed by atoms with Crippen LogP contribution in [0.4, 0.5) is 23.4 Å². The molecule has 0 unspecified atom stereocenters. The number of nitrogens with zero attached hydrogens (tertiary/aromatic N) is 8. The van der Waals surface area contributed by atoms with Crippen molar-refractivity contribution >= 4 is 75.0 Å². The molecular formula is C28H36Cl2N10O3S2. The standard InChI is InChI=1S/C28H35ClN10O3S2.ClH/c1-18-19(40)15-28(25(18)30)5-9-37(10-6-28)22-16-34-23(17-33-22)43-20-3-7-31-26(24(20)29)35-21-4-8-32-27(36-21)38-11-13-39(14-12-38)44(2,41)42;/h3-4,7-8,16-18,25H,5-6,9-15,30H2,1-2H3,(H,31,32,35,36);1H/t18-,25+;/m1./s1. The van der Waals surface area contributed by atoms with Crippen molar-refractivity contribution in [2.24, 2.45) is 17.1 Å². The Hall–Kier alpha value is -2.82. The molecule has 1 saturated carbocycles. The molecule has 1 spiro atoms. The lowest BCUT2D eigenvalue weighted by Crippen LogP contribution is -2.48. The number of aromatic nitrogens is 5. The topological polar surface area (TPSA) is 163 Å². The zero-order chi connectivity index (χ0) is 31.1. The van der Waals surface area contributed by atoms with Crippen LogP contribution in [0, 0.1) is 11.3 Å². The second-order valence-corrected chi connectivity index (χ2v) is 15.0. The van der Waals surface area contributed by atoms with Gasteiger partial charge in [0.05, 0.1) is 23.7 Å². The minimum Gasteiger partial charge on any atom is -0.355 e. The maximum atomic E-state index is 12.3. The van der Waals surface area contributed by atoms with Gasteiger partial charge in [-0.2, -0.15) is 9.29 Å². The van der Waals surface area contributed by atoms with E-state index < -0.39 is 10.0 Å². The van der Waals surface area contributed by atoms with E-state index in [-0.39, 0.29) is 35.6 Å². The fourth-order valence-corrected chi connectivity index (χ4v) is 8.04. The molecule has 0 aromatic carbocycles. The van der Waals surface area contributed by atoms with Gasteiger partial charge in [-0.25, -0.2) is 28.4 Å². The first-order chi connectivity index (χ1) is 21.0. The number of anilines is 4. The van der Waals surface area contributed by atoms with E-state index in [4.69, 9.17) is 17.3 Å². The largest absolute Gasteiger partial charge is 0.355 e. The predicted molar refractivity (Wildman–Crippen MR) is 177 cm³/mol. The monoisotopic (exact) mass is 694 g/mol. The summed E-state index contributed by atoms with van der Waals surface area (Å²) >= 11 is 8.13. The normalized spacial score (nSPS) is 22.0. The summed E-state index contributed by atoms with van der Waals surface area (Å²) in [7, 11) is -3.22. The molecule has 5 heterocycles. The van der Waals surface area contributed by atoms with Crippen LogP contribution in [0.3, 0.4) is 0 Å². The van der Waals surface area contributed by atoms with Crippen molar-refractivity contribution < 1.29 is 13.2 Å². The van der Waals surface area contributed by atoms with Gasteiger partial charge >= 0.3 is 0 Å². The van der Waals surface area contributed by atoms with Gasteiger partial charge in [0.15, 0.2) is 5.82 Å². The molecule has 6 rings (SSSR count). The Labute approximate surface area is 278 Å². The molecule has 3 aromatic heterocycles. The summed E-state index contributed by atoms with van der Waals surface area (Å²) in [6, 6.07) is 3.46. The quantitative estimate of drug-likeness (QED) is 0.371. The minimum absolute atomic E-state index is 0. The Morgan fingerprint density at radius 1 is 1.00 bits per heavy atom. The van der Waals surface area contributed by atoms with Gasteiger partial charge in [-0.15, -0.1) is 12.4 Å². The van der Waals surface area contributed by atoms with E-state index in [1.54, 1.807) is 30.9 Å². The van der Waals surface area contributed by atoms with Crippen LogP contribution in [0.15, 0.2) is 46.8 Å². The van der Waals surface area contributed by atoms with Gasteiger partial charge in [0, 0.05) is 74.9 Å². The highest BCUT2D eigenvalue weighted by atomic mass is 35.5. The number of piperidine rings is 1. The van der Waals surface area contributed by atoms with Crippen molar-refractivity contribution in [3.8, 4) is 0 Å². The van der Waals surface area contributed by atoms with Crippen molar-refractivity contribution in [3.63, 3.8) is 0 Å². The molecule has 1 aliphatic carbocycles. The smallest absolute Gasteiger partial charge is 0.227 e. The maximum Gasteiger partial charge on any atom is 0.227 e. The number of nitrogens with two attached hydrogens (primary N) is 1. The first-order valence-electron chi connectivity index (χ1n) is 14.5. The third kappa shape index (κ3) is 7.13. The first-order valence-corrected chi connectivity index (χ1v) is 17.5. The number of ketones is 1. The Morgan fingerprint density at radius 2 is 1.71 bits per heavy atom. The van der Waals surface area contributed by atoms with Crippen LogP contribution in [-0.2, 0) is 14.8 Å². The third-order valence-electron chi connectivity index (χ3n) is 8.93. The number of carbonyl (C=O) groups excluding carboxylic acids is 1. The van der Waals surface area contributed by atoms with Gasteiger partial charge in [-0.1, -0.05) is 30.3 Å². The Kier molecular flexibility index (Phi) is 10.1. The molecule has 242 valence electrons. The number of carbonyl (C=O) groups is 1. The van der Waals surface area contributed by atoms with Crippen LogP contribution in [0.5, 0.6) is 0 Å². The van der Waals surface area contributed by atoms with Gasteiger partial charge in [-0.05, 0) is 30.4 Å². The molecule has 13 nitrogen and oxygen atoms in total. The summed E-state index contributed by atoms with van der Waals surface area (Å²) in [5.74, 6) is 2.47. The molecule has 2 aliphatic heterocycles. The summed E-state index contributed by atoms with van der Waals surface area (Å²) in [4.78, 5) is 39.9. The molecule has 2 atom stereocenters. The lowest BCUT2D eigenvalue weighted by molar-refractivity contribution is -0.120. The second-order valence-electron chi connectivity index (χ2n) is 11.6. The molecule has 2 saturated heterocycles. The Morgan fingerprint density at radius 3 is 2.33 bits per heavy atom. The van der Waals surface area contributed by atoms with E-state index in [0.29, 0.717) is 60.2 Å². The molecule has 3 N–H and O–H groups in total. The second kappa shape index (κ2) is 13.5. The number of sulfonamides is 1. The zero-order valence-corrected chi connectivity index (χ0v) is 28.2. The van der Waals surface area contributed by atoms with E-state index >= 15 is 0 Å². The van der Waals surface area contributed by atoms with Crippen LogP contribution < -0.4 is 20.9 Å². The highest BCUT2D eigenvalue weighted by Crippen LogP contribution is 2.46. The molecule has 3 aromatic rings. The molecule has 0 bridgehead atoms. The third-order valence-corrected chi connectivity index (χ3v) is 11.7. The zero-order valence-electron chi connectivity index (χ0n) is 25.0. The maximum absolute atomic E-state index is 12.3. The van der Waals surface area contributed by atoms with Crippen LogP contribution in [-0.4, -0.2) is 95.0 Å². The van der Waals surface area contributed by atoms with Crippen molar-refractivity contribution in [1.82, 2.24) is 29.2 Å². The van der Waals surface area contributed by atoms with Crippen LogP contribution in [0.2, 0.25) is 5.02 Å². The molecule has 0 radical (unpaired) electrons. The highest BCUT2D eigenvalue weighted by Gasteiger charge is 2.50. The summed E-state index contributed by atoms with van der Waals surface area (Å²) < 4.78 is 25.1. The SMILES string of the molecule is C[C@@H]1C(=O)CC2(CCN(c3cnc(Sc4ccnc(Nc5ccnc(N6CCN(S(C)(=O)=O)CC6)n5)c4Cl)cn3)CC2)[C@H]1N.Cl. The Balaban J connectivity index is 0.00000400. The van der Waals surface area contributed by atoms with Gasteiger partial charge in [0.25, 0.3) is 0 Å². The molecule has 3 fully saturated rings. The summed E-state index contributed by atoms with van der Waals surface area (Å²) in [5, 5.41) is 4.29. The highest BCUT2D eigenvalue weighted by molar-refractivity contribution is 7.99. The first kappa shape index (κ1) is 33.5. The van der Waals surface area contributed by atoms with E-state index in [2.05, 4.69) is 35.1 Å². The fraction of sp³-hybridized carbons (Fsp3) is 0.500. The van der Waals surface area contributed by atoms with Gasteiger partial charge < -0.3 is 20.9 Å². The molecular weight excluding hydrogens is 659 g/mol. The predicted octanol–water partition coefficient (Wildman–Crippen LogP) is 3.24. The summed E-state index contributed by atoms with van der Waals surface area (Å²) in [5.41, 5.74) is 6.36. The van der Waals surface area contributed by atoms with Crippen LogP contribution in [0.25, 0.3) is 0 Å². The molecule has 3 aliphatic rings. The van der Waals surface area contributed by atoms with Crippen molar-refractivity contribution in [3.05, 3.63) is 41.9 Å². The Bertz CT molecular complexity index is 1630. The number of nitrogens with one attached hydrogen (secondary N) is 1. The van der Waals surface area contributed by atoms with Crippen LogP contribution >= 0.6 is 35.8 Å². The minimum atomic E-state index is -3.22. The van der Waals surface area contributed by atoms with E-state index in [1.807, 2.05) is 17.9 Å². The lowest BCUT2D eigenvalue weighted by atomic mass is 9.73. The number of hydrogen-bond donors (Lipinski definition) is 2. The number of hydrogen-bond acceptors (Lipinski definition) is 13. The number of piperazine rings is 1. The number of rotatable bonds is 7. The van der Waals surface area contributed by atoms with Crippen molar-refractivity contribution in [1.29, 1.82) is 0 Å². The van der Waals surface area contributed by atoms with E-state index in [1.165, 1.54) is 22.3 Å². The average molecular weight is 696 g/mol. The lowest BCUT2D eigenvalue weighted by Gasteiger charge is -2.42. The van der Waals surface area contributed by atoms with Gasteiger partial charge in [0.1, 0.15) is 22.4 Å². The molecule has 45 heavy (non-hydrogen) atoms.